The Labute approximate surface area is 144 Å². The van der Waals surface area contributed by atoms with Crippen molar-refractivity contribution in [2.24, 2.45) is 5.92 Å². The first-order valence-electron chi connectivity index (χ1n) is 8.49. The second-order valence-electron chi connectivity index (χ2n) is 6.53. The van der Waals surface area contributed by atoms with E-state index in [2.05, 4.69) is 25.7 Å². The fraction of sp³-hybridized carbons (Fsp3) is 0.600. The second-order valence-corrected chi connectivity index (χ2v) is 6.53. The van der Waals surface area contributed by atoms with Crippen LogP contribution in [0.5, 0.6) is 0 Å². The summed E-state index contributed by atoms with van der Waals surface area (Å²) < 4.78 is 1.41. The molecule has 10 nitrogen and oxygen atoms in total. The summed E-state index contributed by atoms with van der Waals surface area (Å²) in [5.41, 5.74) is 2.31. The Kier molecular flexibility index (Phi) is 4.16. The summed E-state index contributed by atoms with van der Waals surface area (Å²) in [5, 5.41) is 17.8. The van der Waals surface area contributed by atoms with Crippen LogP contribution in [0.15, 0.2) is 12.5 Å². The summed E-state index contributed by atoms with van der Waals surface area (Å²) >= 11 is 0. The van der Waals surface area contributed by atoms with Crippen LogP contribution in [0.4, 0.5) is 0 Å². The smallest absolute Gasteiger partial charge is 0.244 e. The molecule has 1 fully saturated rings. The van der Waals surface area contributed by atoms with Gasteiger partial charge in [0, 0.05) is 44.2 Å². The lowest BCUT2D eigenvalue weighted by Crippen LogP contribution is -2.53. The number of rotatable bonds is 3. The number of amides is 2. The van der Waals surface area contributed by atoms with Gasteiger partial charge >= 0.3 is 0 Å². The normalized spacial score (nSPS) is 20.4. The lowest BCUT2D eigenvalue weighted by molar-refractivity contribution is -0.142. The standard InChI is InChI=1S/C15H20N8O2/c24-14(9-23-10-17-19-20-23)21-3-5-22(6-4-21)15(25)11-1-2-12-8-16-18-13(12)7-11/h8,10-11H,1-7,9H2,(H,16,18). The number of carbonyl (C=O) groups excluding carboxylic acids is 2. The highest BCUT2D eigenvalue weighted by molar-refractivity contribution is 5.80. The van der Waals surface area contributed by atoms with Gasteiger partial charge in [0.25, 0.3) is 0 Å². The van der Waals surface area contributed by atoms with E-state index >= 15 is 0 Å². The number of aryl methyl sites for hydroxylation is 1. The second kappa shape index (κ2) is 6.61. The van der Waals surface area contributed by atoms with Crippen molar-refractivity contribution in [2.45, 2.75) is 25.8 Å². The molecule has 0 radical (unpaired) electrons. The van der Waals surface area contributed by atoms with Crippen LogP contribution in [0, 0.1) is 5.92 Å². The van der Waals surface area contributed by atoms with Crippen molar-refractivity contribution in [3.63, 3.8) is 0 Å². The molecule has 2 amide bonds. The van der Waals surface area contributed by atoms with E-state index < -0.39 is 0 Å². The topological polar surface area (TPSA) is 113 Å². The Morgan fingerprint density at radius 2 is 2.00 bits per heavy atom. The third-order valence-corrected chi connectivity index (χ3v) is 5.00. The number of nitrogens with one attached hydrogen (secondary N) is 1. The number of H-pyrrole nitrogens is 1. The number of hydrogen-bond acceptors (Lipinski definition) is 6. The minimum Gasteiger partial charge on any atom is -0.339 e. The maximum atomic E-state index is 12.8. The van der Waals surface area contributed by atoms with E-state index in [4.69, 9.17) is 0 Å². The molecule has 1 saturated heterocycles. The summed E-state index contributed by atoms with van der Waals surface area (Å²) in [6, 6.07) is 0. The molecule has 0 bridgehead atoms. The molecule has 1 aliphatic carbocycles. The van der Waals surface area contributed by atoms with E-state index in [1.165, 1.54) is 16.6 Å². The predicted octanol–water partition coefficient (Wildman–Crippen LogP) is -1.13. The van der Waals surface area contributed by atoms with Gasteiger partial charge in [-0.25, -0.2) is 4.68 Å². The van der Waals surface area contributed by atoms with Gasteiger partial charge in [0.05, 0.1) is 6.20 Å². The zero-order chi connectivity index (χ0) is 17.2. The van der Waals surface area contributed by atoms with Crippen LogP contribution in [0.2, 0.25) is 0 Å². The van der Waals surface area contributed by atoms with Crippen LogP contribution in [0.25, 0.3) is 0 Å². The summed E-state index contributed by atoms with van der Waals surface area (Å²) in [7, 11) is 0. The number of aromatic nitrogens is 6. The van der Waals surface area contributed by atoms with Crippen LogP contribution in [0.1, 0.15) is 17.7 Å². The molecular weight excluding hydrogens is 324 g/mol. The molecule has 132 valence electrons. The maximum Gasteiger partial charge on any atom is 0.244 e. The molecule has 2 aromatic rings. The number of aromatic amines is 1. The molecular formula is C15H20N8O2. The minimum absolute atomic E-state index is 0.0106. The number of nitrogens with zero attached hydrogens (tertiary/aromatic N) is 7. The third kappa shape index (κ3) is 3.24. The van der Waals surface area contributed by atoms with E-state index in [-0.39, 0.29) is 24.3 Å². The average molecular weight is 344 g/mol. The molecule has 0 saturated carbocycles. The first-order valence-corrected chi connectivity index (χ1v) is 8.49. The number of fused-ring (bicyclic) bond motifs is 1. The third-order valence-electron chi connectivity index (χ3n) is 5.00. The SMILES string of the molecule is O=C(Cn1cnnn1)N1CCN(C(=O)C2CCc3cn[nH]c3C2)CC1. The maximum absolute atomic E-state index is 12.8. The van der Waals surface area contributed by atoms with Gasteiger partial charge in [-0.2, -0.15) is 5.10 Å². The molecule has 1 aliphatic heterocycles. The molecule has 25 heavy (non-hydrogen) atoms. The summed E-state index contributed by atoms with van der Waals surface area (Å²) in [4.78, 5) is 28.7. The van der Waals surface area contributed by atoms with Crippen LogP contribution in [-0.4, -0.2) is 78.2 Å². The molecule has 0 aromatic carbocycles. The molecule has 4 rings (SSSR count). The fourth-order valence-corrected chi connectivity index (χ4v) is 3.54. The molecule has 10 heteroatoms. The first kappa shape index (κ1) is 15.7. The lowest BCUT2D eigenvalue weighted by Gasteiger charge is -2.37. The monoisotopic (exact) mass is 344 g/mol. The highest BCUT2D eigenvalue weighted by atomic mass is 16.2. The number of tetrazole rings is 1. The Balaban J connectivity index is 1.30. The summed E-state index contributed by atoms with van der Waals surface area (Å²) in [5.74, 6) is 0.170. The zero-order valence-corrected chi connectivity index (χ0v) is 13.8. The first-order chi connectivity index (χ1) is 12.2. The van der Waals surface area contributed by atoms with E-state index in [0.29, 0.717) is 26.2 Å². The zero-order valence-electron chi connectivity index (χ0n) is 13.8. The molecule has 2 aliphatic rings. The summed E-state index contributed by atoms with van der Waals surface area (Å²) in [6.07, 6.45) is 5.76. The Morgan fingerprint density at radius 3 is 2.76 bits per heavy atom. The van der Waals surface area contributed by atoms with Crippen molar-refractivity contribution >= 4 is 11.8 Å². The predicted molar refractivity (Wildman–Crippen MR) is 85.1 cm³/mol. The minimum atomic E-state index is -0.0285. The molecule has 3 heterocycles. The Hall–Kier alpha value is -2.78. The number of hydrogen-bond donors (Lipinski definition) is 1. The highest BCUT2D eigenvalue weighted by Gasteiger charge is 2.31. The van der Waals surface area contributed by atoms with Crippen LogP contribution in [0.3, 0.4) is 0 Å². The van der Waals surface area contributed by atoms with Crippen molar-refractivity contribution in [1.82, 2.24) is 40.2 Å². The van der Waals surface area contributed by atoms with Gasteiger partial charge in [0.2, 0.25) is 11.8 Å². The Bertz CT molecular complexity index is 747. The van der Waals surface area contributed by atoms with E-state index in [1.807, 2.05) is 11.1 Å². The quantitative estimate of drug-likeness (QED) is 0.754. The van der Waals surface area contributed by atoms with Gasteiger partial charge < -0.3 is 9.80 Å². The van der Waals surface area contributed by atoms with Gasteiger partial charge in [-0.05, 0) is 28.8 Å². The highest BCUT2D eigenvalue weighted by Crippen LogP contribution is 2.25. The van der Waals surface area contributed by atoms with Crippen molar-refractivity contribution in [2.75, 3.05) is 26.2 Å². The molecule has 0 spiro atoms. The van der Waals surface area contributed by atoms with Gasteiger partial charge in [-0.1, -0.05) is 0 Å². The lowest BCUT2D eigenvalue weighted by atomic mass is 9.87. The molecule has 1 atom stereocenters. The fourth-order valence-electron chi connectivity index (χ4n) is 3.54. The summed E-state index contributed by atoms with van der Waals surface area (Å²) in [6.45, 7) is 2.38. The van der Waals surface area contributed by atoms with Crippen LogP contribution in [-0.2, 0) is 29.0 Å². The van der Waals surface area contributed by atoms with Gasteiger partial charge in [0.15, 0.2) is 0 Å². The van der Waals surface area contributed by atoms with Crippen molar-refractivity contribution in [1.29, 1.82) is 0 Å². The van der Waals surface area contributed by atoms with Crippen molar-refractivity contribution < 1.29 is 9.59 Å². The van der Waals surface area contributed by atoms with Gasteiger partial charge in [-0.3, -0.25) is 14.7 Å². The van der Waals surface area contributed by atoms with E-state index in [1.54, 1.807) is 4.90 Å². The molecule has 1 N–H and O–H groups in total. The number of piperazine rings is 1. The van der Waals surface area contributed by atoms with Crippen LogP contribution >= 0.6 is 0 Å². The van der Waals surface area contributed by atoms with E-state index in [9.17, 15) is 9.59 Å². The Morgan fingerprint density at radius 1 is 1.20 bits per heavy atom. The van der Waals surface area contributed by atoms with Gasteiger partial charge in [-0.15, -0.1) is 5.10 Å². The van der Waals surface area contributed by atoms with E-state index in [0.717, 1.165) is 25.0 Å². The largest absolute Gasteiger partial charge is 0.339 e. The number of carbonyl (C=O) groups is 2. The molecule has 1 unspecified atom stereocenters. The van der Waals surface area contributed by atoms with Crippen LogP contribution < -0.4 is 0 Å². The van der Waals surface area contributed by atoms with Gasteiger partial charge in [0.1, 0.15) is 12.9 Å². The van der Waals surface area contributed by atoms with Crippen molar-refractivity contribution in [3.05, 3.63) is 23.8 Å². The molecule has 2 aromatic heterocycles. The average Bonchev–Trinajstić information content (AvgIpc) is 3.32. The van der Waals surface area contributed by atoms with Crippen molar-refractivity contribution in [3.8, 4) is 0 Å².